The molecular formula is C26H38N4O2. The van der Waals surface area contributed by atoms with Gasteiger partial charge in [0.25, 0.3) is 0 Å². The van der Waals surface area contributed by atoms with Gasteiger partial charge >= 0.3 is 0 Å². The molecule has 1 aliphatic carbocycles. The van der Waals surface area contributed by atoms with Gasteiger partial charge < -0.3 is 10.2 Å². The molecule has 1 heterocycles. The van der Waals surface area contributed by atoms with E-state index in [-0.39, 0.29) is 29.7 Å². The highest BCUT2D eigenvalue weighted by Crippen LogP contribution is 2.28. The first kappa shape index (κ1) is 24.0. The second kappa shape index (κ2) is 9.88. The van der Waals surface area contributed by atoms with E-state index in [0.717, 1.165) is 42.6 Å². The third kappa shape index (κ3) is 5.99. The van der Waals surface area contributed by atoms with E-state index < -0.39 is 0 Å². The normalized spacial score (nSPS) is 14.7. The minimum atomic E-state index is -0.189. The molecule has 6 nitrogen and oxygen atoms in total. The predicted octanol–water partition coefficient (Wildman–Crippen LogP) is 5.09. The van der Waals surface area contributed by atoms with Crippen molar-refractivity contribution in [3.8, 4) is 5.69 Å². The molecular weight excluding hydrogens is 400 g/mol. The fourth-order valence-electron chi connectivity index (χ4n) is 4.25. The molecule has 6 heteroatoms. The van der Waals surface area contributed by atoms with Crippen LogP contribution >= 0.6 is 0 Å². The van der Waals surface area contributed by atoms with Crippen LogP contribution in [0.4, 0.5) is 5.82 Å². The van der Waals surface area contributed by atoms with E-state index in [1.54, 1.807) is 9.58 Å². The van der Waals surface area contributed by atoms with E-state index in [1.807, 2.05) is 37.3 Å². The number of carbonyl (C=O) groups excluding carboxylic acids is 2. The Balaban J connectivity index is 1.83. The average molecular weight is 439 g/mol. The molecule has 1 N–H and O–H groups in total. The Morgan fingerprint density at radius 3 is 2.47 bits per heavy atom. The highest BCUT2D eigenvalue weighted by Gasteiger charge is 2.29. The van der Waals surface area contributed by atoms with Gasteiger partial charge in [-0.1, -0.05) is 59.6 Å². The van der Waals surface area contributed by atoms with Crippen molar-refractivity contribution in [1.29, 1.82) is 0 Å². The molecule has 0 spiro atoms. The molecule has 0 bridgehead atoms. The Morgan fingerprint density at radius 1 is 1.19 bits per heavy atom. The highest BCUT2D eigenvalue weighted by atomic mass is 16.2. The van der Waals surface area contributed by atoms with E-state index in [4.69, 9.17) is 5.10 Å². The van der Waals surface area contributed by atoms with Crippen LogP contribution in [-0.4, -0.2) is 39.6 Å². The number of carbonyl (C=O) groups is 2. The number of nitrogens with one attached hydrogen (secondary N) is 1. The first-order valence-corrected chi connectivity index (χ1v) is 11.8. The summed E-state index contributed by atoms with van der Waals surface area (Å²) in [5.41, 5.74) is 2.77. The van der Waals surface area contributed by atoms with Crippen molar-refractivity contribution in [3.05, 3.63) is 41.6 Å². The van der Waals surface area contributed by atoms with E-state index in [1.165, 1.54) is 0 Å². The van der Waals surface area contributed by atoms with Crippen LogP contribution in [0.15, 0.2) is 30.3 Å². The number of aryl methyl sites for hydroxylation is 1. The Morgan fingerprint density at radius 2 is 1.88 bits per heavy atom. The number of aromatic nitrogens is 2. The van der Waals surface area contributed by atoms with Crippen LogP contribution in [0.1, 0.15) is 71.6 Å². The summed E-state index contributed by atoms with van der Waals surface area (Å²) in [6.45, 7) is 13.2. The van der Waals surface area contributed by atoms with Crippen LogP contribution in [0.2, 0.25) is 0 Å². The average Bonchev–Trinajstić information content (AvgIpc) is 3.36. The molecule has 1 fully saturated rings. The van der Waals surface area contributed by atoms with Gasteiger partial charge in [-0.3, -0.25) is 9.59 Å². The topological polar surface area (TPSA) is 67.2 Å². The molecule has 2 aromatic rings. The summed E-state index contributed by atoms with van der Waals surface area (Å²) < 4.78 is 1.79. The lowest BCUT2D eigenvalue weighted by Crippen LogP contribution is -2.42. The van der Waals surface area contributed by atoms with Crippen molar-refractivity contribution >= 4 is 17.6 Å². The van der Waals surface area contributed by atoms with Gasteiger partial charge in [0.15, 0.2) is 0 Å². The first-order chi connectivity index (χ1) is 15.0. The summed E-state index contributed by atoms with van der Waals surface area (Å²) in [6.07, 6.45) is 4.07. The van der Waals surface area contributed by atoms with Crippen molar-refractivity contribution in [1.82, 2.24) is 14.7 Å². The summed E-state index contributed by atoms with van der Waals surface area (Å²) in [4.78, 5) is 27.9. The molecule has 0 saturated heterocycles. The smallest absolute Gasteiger partial charge is 0.245 e. The van der Waals surface area contributed by atoms with Gasteiger partial charge in [-0.25, -0.2) is 4.68 Å². The van der Waals surface area contributed by atoms with Gasteiger partial charge in [-0.2, -0.15) is 5.10 Å². The molecule has 174 valence electrons. The number of nitrogens with zero attached hydrogens (tertiary/aromatic N) is 3. The van der Waals surface area contributed by atoms with E-state index in [2.05, 4.69) is 39.9 Å². The summed E-state index contributed by atoms with van der Waals surface area (Å²) in [6, 6.07) is 9.99. The van der Waals surface area contributed by atoms with Crippen molar-refractivity contribution in [2.24, 2.45) is 11.8 Å². The quantitative estimate of drug-likeness (QED) is 0.655. The summed E-state index contributed by atoms with van der Waals surface area (Å²) in [5, 5.41) is 7.83. The maximum Gasteiger partial charge on any atom is 0.245 e. The van der Waals surface area contributed by atoms with Crippen LogP contribution in [0.3, 0.4) is 0 Å². The largest absolute Gasteiger partial charge is 0.333 e. The predicted molar refractivity (Wildman–Crippen MR) is 129 cm³/mol. The standard InChI is InChI=1S/C26H38N4O2/c1-18(2)16-29(25(32)20-11-7-8-12-20)17-24(31)27-23-15-22(26(4,5)6)28-30(23)21-13-9-10-19(3)14-21/h9-10,13-15,18,20H,7-8,11-12,16-17H2,1-6H3,(H,27,31). The van der Waals surface area contributed by atoms with Crippen LogP contribution in [-0.2, 0) is 15.0 Å². The number of rotatable bonds is 7. The summed E-state index contributed by atoms with van der Waals surface area (Å²) in [7, 11) is 0. The maximum atomic E-state index is 13.1. The highest BCUT2D eigenvalue weighted by molar-refractivity contribution is 5.94. The van der Waals surface area contributed by atoms with Crippen molar-refractivity contribution in [2.45, 2.75) is 72.6 Å². The molecule has 1 aromatic carbocycles. The summed E-state index contributed by atoms with van der Waals surface area (Å²) >= 11 is 0. The fraction of sp³-hybridized carbons (Fsp3) is 0.577. The minimum absolute atomic E-state index is 0.0619. The van der Waals surface area contributed by atoms with Crippen molar-refractivity contribution < 1.29 is 9.59 Å². The van der Waals surface area contributed by atoms with Crippen molar-refractivity contribution in [2.75, 3.05) is 18.4 Å². The zero-order valence-corrected chi connectivity index (χ0v) is 20.4. The van der Waals surface area contributed by atoms with Gasteiger partial charge in [0.1, 0.15) is 5.82 Å². The molecule has 2 amide bonds. The third-order valence-corrected chi connectivity index (χ3v) is 5.93. The lowest BCUT2D eigenvalue weighted by Gasteiger charge is -2.26. The molecule has 0 radical (unpaired) electrons. The molecule has 1 saturated carbocycles. The SMILES string of the molecule is Cc1cccc(-n2nc(C(C)(C)C)cc2NC(=O)CN(CC(C)C)C(=O)C2CCCC2)c1. The molecule has 1 aromatic heterocycles. The Hall–Kier alpha value is -2.63. The lowest BCUT2D eigenvalue weighted by atomic mass is 9.92. The third-order valence-electron chi connectivity index (χ3n) is 5.93. The Labute approximate surface area is 192 Å². The molecule has 3 rings (SSSR count). The van der Waals surface area contributed by atoms with Crippen LogP contribution < -0.4 is 5.32 Å². The van der Waals surface area contributed by atoms with Crippen LogP contribution in [0, 0.1) is 18.8 Å². The number of benzene rings is 1. The molecule has 32 heavy (non-hydrogen) atoms. The van der Waals surface area contributed by atoms with Gasteiger partial charge in [0.2, 0.25) is 11.8 Å². The number of hydrogen-bond donors (Lipinski definition) is 1. The molecule has 0 unspecified atom stereocenters. The monoisotopic (exact) mass is 438 g/mol. The Kier molecular flexibility index (Phi) is 7.42. The second-order valence-electron chi connectivity index (χ2n) is 10.6. The molecule has 0 aliphatic heterocycles. The van der Waals surface area contributed by atoms with Gasteiger partial charge in [0.05, 0.1) is 17.9 Å². The van der Waals surface area contributed by atoms with Crippen LogP contribution in [0.25, 0.3) is 5.69 Å². The maximum absolute atomic E-state index is 13.1. The number of amides is 2. The summed E-state index contributed by atoms with van der Waals surface area (Å²) in [5.74, 6) is 0.925. The number of anilines is 1. The van der Waals surface area contributed by atoms with Gasteiger partial charge in [0, 0.05) is 23.9 Å². The van der Waals surface area contributed by atoms with E-state index in [9.17, 15) is 9.59 Å². The lowest BCUT2D eigenvalue weighted by molar-refractivity contribution is -0.138. The zero-order valence-electron chi connectivity index (χ0n) is 20.4. The zero-order chi connectivity index (χ0) is 23.5. The first-order valence-electron chi connectivity index (χ1n) is 11.8. The van der Waals surface area contributed by atoms with Gasteiger partial charge in [-0.15, -0.1) is 0 Å². The second-order valence-corrected chi connectivity index (χ2v) is 10.6. The molecule has 1 aliphatic rings. The van der Waals surface area contributed by atoms with E-state index >= 15 is 0 Å². The molecule has 0 atom stereocenters. The van der Waals surface area contributed by atoms with Crippen molar-refractivity contribution in [3.63, 3.8) is 0 Å². The van der Waals surface area contributed by atoms with Gasteiger partial charge in [-0.05, 0) is 43.4 Å². The number of hydrogen-bond acceptors (Lipinski definition) is 3. The minimum Gasteiger partial charge on any atom is -0.333 e. The van der Waals surface area contributed by atoms with E-state index in [0.29, 0.717) is 18.3 Å². The fourth-order valence-corrected chi connectivity index (χ4v) is 4.25. The Bertz CT molecular complexity index is 949. The van der Waals surface area contributed by atoms with Crippen LogP contribution in [0.5, 0.6) is 0 Å².